The molecule has 6 rings (SSSR count). The first-order chi connectivity index (χ1) is 17.4. The summed E-state index contributed by atoms with van der Waals surface area (Å²) in [7, 11) is -7.83. The molecule has 2 aliphatic heterocycles. The van der Waals surface area contributed by atoms with Crippen molar-refractivity contribution in [2.45, 2.75) is 35.5 Å². The maximum Gasteiger partial charge on any atom is 0.264 e. The summed E-state index contributed by atoms with van der Waals surface area (Å²) in [5.74, 6) is 0. The van der Waals surface area contributed by atoms with Crippen LogP contribution in [0.4, 0.5) is 11.4 Å². The van der Waals surface area contributed by atoms with Crippen LogP contribution in [-0.2, 0) is 32.9 Å². The minimum Gasteiger partial charge on any atom is -0.266 e. The Hall–Kier alpha value is -3.36. The first-order valence-corrected chi connectivity index (χ1v) is 15.0. The zero-order valence-corrected chi connectivity index (χ0v) is 21.3. The van der Waals surface area contributed by atoms with Gasteiger partial charge in [0.05, 0.1) is 21.2 Å². The highest BCUT2D eigenvalue weighted by Crippen LogP contribution is 2.38. The fourth-order valence-corrected chi connectivity index (χ4v) is 8.94. The Morgan fingerprint density at radius 1 is 0.500 bits per heavy atom. The molecule has 0 saturated heterocycles. The molecule has 4 aromatic carbocycles. The molecule has 0 aliphatic carbocycles. The quantitative estimate of drug-likeness (QED) is 0.376. The monoisotopic (exact) mass is 518 g/mol. The van der Waals surface area contributed by atoms with Crippen molar-refractivity contribution in [3.05, 3.63) is 96.1 Å². The summed E-state index contributed by atoms with van der Waals surface area (Å²) in [6.07, 6.45) is 3.12. The van der Waals surface area contributed by atoms with E-state index in [1.807, 2.05) is 48.5 Å². The van der Waals surface area contributed by atoms with Crippen molar-refractivity contribution < 1.29 is 16.8 Å². The average molecular weight is 519 g/mol. The molecule has 8 heteroatoms. The molecule has 0 radical (unpaired) electrons. The fourth-order valence-electron chi connectivity index (χ4n) is 5.44. The third kappa shape index (κ3) is 3.59. The lowest BCUT2D eigenvalue weighted by molar-refractivity contribution is 0.585. The second-order valence-corrected chi connectivity index (χ2v) is 12.9. The minimum atomic E-state index is -3.91. The highest BCUT2D eigenvalue weighted by atomic mass is 32.2. The van der Waals surface area contributed by atoms with Crippen LogP contribution in [0.25, 0.3) is 10.8 Å². The van der Waals surface area contributed by atoms with E-state index in [1.54, 1.807) is 36.4 Å². The molecule has 0 spiro atoms. The molecule has 2 aliphatic rings. The van der Waals surface area contributed by atoms with Gasteiger partial charge in [-0.2, -0.15) is 0 Å². The molecule has 0 aromatic heterocycles. The van der Waals surface area contributed by atoms with Crippen LogP contribution in [0.1, 0.15) is 24.0 Å². The lowest BCUT2D eigenvalue weighted by Gasteiger charge is -2.31. The minimum absolute atomic E-state index is 0.118. The normalized spacial score (nSPS) is 16.0. The van der Waals surface area contributed by atoms with Crippen molar-refractivity contribution in [2.75, 3.05) is 21.7 Å². The van der Waals surface area contributed by atoms with Gasteiger partial charge >= 0.3 is 0 Å². The predicted molar refractivity (Wildman–Crippen MR) is 143 cm³/mol. The Kier molecular flexibility index (Phi) is 5.53. The number of fused-ring (bicyclic) bond motifs is 3. The molecule has 0 unspecified atom stereocenters. The van der Waals surface area contributed by atoms with Crippen molar-refractivity contribution in [3.8, 4) is 0 Å². The number of nitrogens with zero attached hydrogens (tertiary/aromatic N) is 2. The van der Waals surface area contributed by atoms with Gasteiger partial charge in [-0.1, -0.05) is 60.7 Å². The number of anilines is 2. The van der Waals surface area contributed by atoms with Gasteiger partial charge in [0.2, 0.25) is 0 Å². The van der Waals surface area contributed by atoms with E-state index in [1.165, 1.54) is 8.61 Å². The third-order valence-corrected chi connectivity index (χ3v) is 10.9. The molecular weight excluding hydrogens is 492 g/mol. The summed E-state index contributed by atoms with van der Waals surface area (Å²) >= 11 is 0. The van der Waals surface area contributed by atoms with Crippen LogP contribution in [0, 0.1) is 0 Å². The molecule has 0 fully saturated rings. The van der Waals surface area contributed by atoms with Gasteiger partial charge in [-0.3, -0.25) is 8.61 Å². The summed E-state index contributed by atoms with van der Waals surface area (Å²) in [6, 6.07) is 24.9. The second-order valence-electron chi connectivity index (χ2n) is 9.23. The molecule has 0 saturated carbocycles. The van der Waals surface area contributed by atoms with E-state index >= 15 is 0 Å². The van der Waals surface area contributed by atoms with Crippen molar-refractivity contribution in [1.29, 1.82) is 0 Å². The van der Waals surface area contributed by atoms with Gasteiger partial charge in [0, 0.05) is 23.9 Å². The standard InChI is InChI=1S/C28H26N2O4S2/c31-35(32,29-19-7-11-21-9-1-3-15-25(21)29)27-17-5-14-24-23(27)13-6-18-28(24)36(33,34)30-20-8-12-22-10-2-4-16-26(22)30/h1-6,9-10,13-18H,7-8,11-12,19-20H2. The zero-order chi connectivity index (χ0) is 24.9. The van der Waals surface area contributed by atoms with Gasteiger partial charge < -0.3 is 0 Å². The van der Waals surface area contributed by atoms with E-state index in [-0.39, 0.29) is 9.79 Å². The number of hydrogen-bond acceptors (Lipinski definition) is 4. The molecule has 4 aromatic rings. The smallest absolute Gasteiger partial charge is 0.264 e. The highest BCUT2D eigenvalue weighted by molar-refractivity contribution is 7.93. The van der Waals surface area contributed by atoms with E-state index in [0.717, 1.165) is 36.8 Å². The van der Waals surface area contributed by atoms with Gasteiger partial charge in [0.25, 0.3) is 20.0 Å². The van der Waals surface area contributed by atoms with Crippen LogP contribution in [0.15, 0.2) is 94.7 Å². The summed E-state index contributed by atoms with van der Waals surface area (Å²) in [5, 5.41) is 0.818. The van der Waals surface area contributed by atoms with E-state index in [4.69, 9.17) is 0 Å². The SMILES string of the molecule is O=S(=O)(c1cccc2c(S(=O)(=O)N3CCCc4ccccc43)cccc12)N1CCCc2ccccc21. The number of hydrogen-bond donors (Lipinski definition) is 0. The molecular formula is C28H26N2O4S2. The first-order valence-electron chi connectivity index (χ1n) is 12.1. The summed E-state index contributed by atoms with van der Waals surface area (Å²) in [5.41, 5.74) is 3.38. The summed E-state index contributed by atoms with van der Waals surface area (Å²) in [6.45, 7) is 0.774. The topological polar surface area (TPSA) is 74.8 Å². The van der Waals surface area contributed by atoms with Crippen LogP contribution in [0.5, 0.6) is 0 Å². The number of para-hydroxylation sites is 2. The Morgan fingerprint density at radius 3 is 1.36 bits per heavy atom. The van der Waals surface area contributed by atoms with Gasteiger partial charge in [-0.15, -0.1) is 0 Å². The van der Waals surface area contributed by atoms with Crippen LogP contribution in [0.2, 0.25) is 0 Å². The summed E-state index contributed by atoms with van der Waals surface area (Å²) in [4.78, 5) is 0.237. The van der Waals surface area contributed by atoms with Crippen molar-refractivity contribution in [3.63, 3.8) is 0 Å². The second kappa shape index (κ2) is 8.64. The Bertz CT molecular complexity index is 1570. The highest BCUT2D eigenvalue weighted by Gasteiger charge is 2.33. The number of sulfonamides is 2. The average Bonchev–Trinajstić information content (AvgIpc) is 2.91. The molecule has 184 valence electrons. The third-order valence-electron chi connectivity index (χ3n) is 7.11. The van der Waals surface area contributed by atoms with Gasteiger partial charge in [-0.05, 0) is 61.1 Å². The van der Waals surface area contributed by atoms with Crippen molar-refractivity contribution in [1.82, 2.24) is 0 Å². The molecule has 0 bridgehead atoms. The van der Waals surface area contributed by atoms with Gasteiger partial charge in [0.15, 0.2) is 0 Å². The lowest BCUT2D eigenvalue weighted by Crippen LogP contribution is -2.36. The largest absolute Gasteiger partial charge is 0.266 e. The van der Waals surface area contributed by atoms with Gasteiger partial charge in [0.1, 0.15) is 0 Å². The maximum atomic E-state index is 14.0. The first kappa shape index (κ1) is 23.1. The van der Waals surface area contributed by atoms with Crippen LogP contribution in [-0.4, -0.2) is 29.9 Å². The fraction of sp³-hybridized carbons (Fsp3) is 0.214. The maximum absolute atomic E-state index is 14.0. The molecule has 0 N–H and O–H groups in total. The van der Waals surface area contributed by atoms with Crippen LogP contribution in [0.3, 0.4) is 0 Å². The van der Waals surface area contributed by atoms with Gasteiger partial charge in [-0.25, -0.2) is 16.8 Å². The Morgan fingerprint density at radius 2 is 0.917 bits per heavy atom. The molecule has 36 heavy (non-hydrogen) atoms. The van der Waals surface area contributed by atoms with E-state index in [2.05, 4.69) is 0 Å². The van der Waals surface area contributed by atoms with E-state index in [0.29, 0.717) is 35.2 Å². The molecule has 0 atom stereocenters. The number of benzene rings is 4. The van der Waals surface area contributed by atoms with Crippen LogP contribution < -0.4 is 8.61 Å². The number of aryl methyl sites for hydroxylation is 2. The van der Waals surface area contributed by atoms with Crippen LogP contribution >= 0.6 is 0 Å². The van der Waals surface area contributed by atoms with E-state index < -0.39 is 20.0 Å². The lowest BCUT2D eigenvalue weighted by atomic mass is 10.0. The molecule has 2 heterocycles. The molecule has 0 amide bonds. The Labute approximate surface area is 211 Å². The predicted octanol–water partition coefficient (Wildman–Crippen LogP) is 5.12. The Balaban J connectivity index is 1.50. The van der Waals surface area contributed by atoms with E-state index in [9.17, 15) is 16.8 Å². The zero-order valence-electron chi connectivity index (χ0n) is 19.7. The van der Waals surface area contributed by atoms with Crippen molar-refractivity contribution >= 4 is 42.2 Å². The summed E-state index contributed by atoms with van der Waals surface area (Å²) < 4.78 is 58.7. The number of rotatable bonds is 4. The van der Waals surface area contributed by atoms with Crippen molar-refractivity contribution in [2.24, 2.45) is 0 Å². The molecule has 6 nitrogen and oxygen atoms in total.